The molecule has 8 heteroatoms. The van der Waals surface area contributed by atoms with Crippen LogP contribution >= 0.6 is 24.0 Å². The average molecular weight is 471 g/mol. The molecule has 1 rings (SSSR count). The molecule has 0 aliphatic heterocycles. The predicted molar refractivity (Wildman–Crippen MR) is 107 cm³/mol. The number of rotatable bonds is 9. The van der Waals surface area contributed by atoms with E-state index in [1.165, 1.54) is 13.2 Å². The van der Waals surface area contributed by atoms with E-state index in [1.54, 1.807) is 12.1 Å². The number of unbranched alkanes of at least 4 members (excludes halogenated alkanes) is 1. The van der Waals surface area contributed by atoms with Crippen LogP contribution in [0.5, 0.6) is 11.5 Å². The summed E-state index contributed by atoms with van der Waals surface area (Å²) < 4.78 is 34.5. The Kier molecular flexibility index (Phi) is 12.3. The molecule has 1 N–H and O–H groups in total. The number of methoxy groups -OCH3 is 1. The summed E-state index contributed by atoms with van der Waals surface area (Å²) in [5, 5.41) is 3.23. The van der Waals surface area contributed by atoms with Crippen LogP contribution in [-0.2, 0) is 6.54 Å². The molecule has 0 aliphatic rings. The van der Waals surface area contributed by atoms with Crippen molar-refractivity contribution in [1.82, 2.24) is 10.2 Å². The molecule has 0 saturated carbocycles. The summed E-state index contributed by atoms with van der Waals surface area (Å²) in [4.78, 5) is 6.62. The lowest BCUT2D eigenvalue weighted by molar-refractivity contribution is -0.0512. The lowest BCUT2D eigenvalue weighted by Gasteiger charge is -2.21. The number of guanidine groups is 1. The molecule has 0 heterocycles. The van der Waals surface area contributed by atoms with Gasteiger partial charge in [-0.3, -0.25) is 0 Å². The molecule has 0 atom stereocenters. The molecule has 25 heavy (non-hydrogen) atoms. The minimum Gasteiger partial charge on any atom is -0.493 e. The molecule has 0 saturated heterocycles. The van der Waals surface area contributed by atoms with Gasteiger partial charge >= 0.3 is 6.61 Å². The summed E-state index contributed by atoms with van der Waals surface area (Å²) in [6.45, 7) is 3.28. The van der Waals surface area contributed by atoms with Crippen LogP contribution < -0.4 is 14.8 Å². The largest absolute Gasteiger partial charge is 0.493 e. The van der Waals surface area contributed by atoms with Crippen LogP contribution in [0, 0.1) is 0 Å². The van der Waals surface area contributed by atoms with Crippen LogP contribution in [0.1, 0.15) is 32.3 Å². The van der Waals surface area contributed by atoms with Crippen molar-refractivity contribution >= 4 is 29.9 Å². The van der Waals surface area contributed by atoms with Gasteiger partial charge in [-0.25, -0.2) is 4.99 Å². The summed E-state index contributed by atoms with van der Waals surface area (Å²) >= 11 is 0. The van der Waals surface area contributed by atoms with Crippen molar-refractivity contribution in [2.75, 3.05) is 27.2 Å². The molecule has 1 aromatic carbocycles. The van der Waals surface area contributed by atoms with Crippen LogP contribution in [0.15, 0.2) is 23.2 Å². The number of alkyl halides is 2. The monoisotopic (exact) mass is 471 g/mol. The van der Waals surface area contributed by atoms with Crippen LogP contribution in [0.25, 0.3) is 0 Å². The van der Waals surface area contributed by atoms with Crippen molar-refractivity contribution in [2.24, 2.45) is 4.99 Å². The first-order valence-electron chi connectivity index (χ1n) is 8.12. The quantitative estimate of drug-likeness (QED) is 0.335. The number of hydrogen-bond donors (Lipinski definition) is 1. The first-order valence-corrected chi connectivity index (χ1v) is 8.12. The molecule has 1 aromatic rings. The molecule has 144 valence electrons. The van der Waals surface area contributed by atoms with Crippen molar-refractivity contribution in [3.05, 3.63) is 23.8 Å². The fourth-order valence-electron chi connectivity index (χ4n) is 2.14. The minimum atomic E-state index is -2.89. The Morgan fingerprint density at radius 1 is 1.28 bits per heavy atom. The zero-order valence-corrected chi connectivity index (χ0v) is 17.6. The summed E-state index contributed by atoms with van der Waals surface area (Å²) in [6.07, 6.45) is 2.19. The number of nitrogens with one attached hydrogen (secondary N) is 1. The highest BCUT2D eigenvalue weighted by molar-refractivity contribution is 14.0. The van der Waals surface area contributed by atoms with Gasteiger partial charge in [0.25, 0.3) is 0 Å². The van der Waals surface area contributed by atoms with Crippen molar-refractivity contribution < 1.29 is 18.3 Å². The van der Waals surface area contributed by atoms with Crippen molar-refractivity contribution in [3.63, 3.8) is 0 Å². The summed E-state index contributed by atoms with van der Waals surface area (Å²) in [5.41, 5.74) is 0.769. The highest BCUT2D eigenvalue weighted by atomic mass is 127. The van der Waals surface area contributed by atoms with Crippen LogP contribution in [0.4, 0.5) is 8.78 Å². The first kappa shape index (κ1) is 23.7. The van der Waals surface area contributed by atoms with Crippen LogP contribution in [0.2, 0.25) is 0 Å². The molecule has 0 bridgehead atoms. The van der Waals surface area contributed by atoms with Gasteiger partial charge in [-0.05, 0) is 31.0 Å². The van der Waals surface area contributed by atoms with Gasteiger partial charge in [-0.1, -0.05) is 19.4 Å². The maximum Gasteiger partial charge on any atom is 0.387 e. The summed E-state index contributed by atoms with van der Waals surface area (Å²) in [5.74, 6) is 1.08. The third kappa shape index (κ3) is 8.55. The Bertz CT molecular complexity index is 531. The van der Waals surface area contributed by atoms with Crippen molar-refractivity contribution in [1.29, 1.82) is 0 Å². The van der Waals surface area contributed by atoms with Crippen LogP contribution in [0.3, 0.4) is 0 Å². The molecule has 0 spiro atoms. The van der Waals surface area contributed by atoms with E-state index in [-0.39, 0.29) is 35.5 Å². The molecule has 0 aromatic heterocycles. The number of ether oxygens (including phenoxy) is 2. The van der Waals surface area contributed by atoms with Gasteiger partial charge in [-0.15, -0.1) is 24.0 Å². The Morgan fingerprint density at radius 3 is 2.56 bits per heavy atom. The van der Waals surface area contributed by atoms with Gasteiger partial charge in [0.1, 0.15) is 0 Å². The highest BCUT2D eigenvalue weighted by Gasteiger charge is 2.11. The number of hydrogen-bond acceptors (Lipinski definition) is 3. The molecule has 0 aliphatic carbocycles. The molecule has 0 fully saturated rings. The number of nitrogens with zero attached hydrogens (tertiary/aromatic N) is 2. The zero-order chi connectivity index (χ0) is 17.9. The third-order valence-electron chi connectivity index (χ3n) is 3.40. The molecule has 0 amide bonds. The molecule has 5 nitrogen and oxygen atoms in total. The lowest BCUT2D eigenvalue weighted by atomic mass is 10.2. The van der Waals surface area contributed by atoms with Gasteiger partial charge < -0.3 is 19.7 Å². The minimum absolute atomic E-state index is 0. The van der Waals surface area contributed by atoms with Gasteiger partial charge in [0, 0.05) is 20.1 Å². The van der Waals surface area contributed by atoms with Crippen molar-refractivity contribution in [3.8, 4) is 11.5 Å². The fourth-order valence-corrected chi connectivity index (χ4v) is 2.14. The summed E-state index contributed by atoms with van der Waals surface area (Å²) in [7, 11) is 3.40. The van der Waals surface area contributed by atoms with Gasteiger partial charge in [-0.2, -0.15) is 8.78 Å². The first-order chi connectivity index (χ1) is 11.5. The Labute approximate surface area is 165 Å². The highest BCUT2D eigenvalue weighted by Crippen LogP contribution is 2.29. The van der Waals surface area contributed by atoms with E-state index in [9.17, 15) is 8.78 Å². The van der Waals surface area contributed by atoms with E-state index in [0.717, 1.165) is 37.5 Å². The van der Waals surface area contributed by atoms with Crippen LogP contribution in [-0.4, -0.2) is 44.7 Å². The zero-order valence-electron chi connectivity index (χ0n) is 15.2. The van der Waals surface area contributed by atoms with Crippen molar-refractivity contribution in [2.45, 2.75) is 39.8 Å². The molecule has 0 unspecified atom stereocenters. The second-order valence-electron chi connectivity index (χ2n) is 5.31. The Balaban J connectivity index is 0.00000576. The standard InChI is InChI=1S/C17H27F2N3O2.HI/c1-5-7-10-22(3)17(20-6-2)21-12-13-8-9-14(23-4)15(11-13)24-16(18)19;/h8-9,11,16H,5-7,10,12H2,1-4H3,(H,20,21);1H. The molecular formula is C17H28F2IN3O2. The Morgan fingerprint density at radius 2 is 2.00 bits per heavy atom. The third-order valence-corrected chi connectivity index (χ3v) is 3.40. The van der Waals surface area contributed by atoms with E-state index in [0.29, 0.717) is 6.54 Å². The SMILES string of the molecule is CCCCN(C)C(=NCc1ccc(OC)c(OC(F)F)c1)NCC.I. The number of halogens is 3. The van der Waals surface area contributed by atoms with Gasteiger partial charge in [0.2, 0.25) is 0 Å². The van der Waals surface area contributed by atoms with Gasteiger partial charge in [0.15, 0.2) is 17.5 Å². The fraction of sp³-hybridized carbons (Fsp3) is 0.588. The molecule has 0 radical (unpaired) electrons. The van der Waals surface area contributed by atoms with E-state index < -0.39 is 6.61 Å². The lowest BCUT2D eigenvalue weighted by Crippen LogP contribution is -2.39. The topological polar surface area (TPSA) is 46.1 Å². The van der Waals surface area contributed by atoms with E-state index in [4.69, 9.17) is 4.74 Å². The number of aliphatic imine (C=N–C) groups is 1. The molecular weight excluding hydrogens is 443 g/mol. The average Bonchev–Trinajstić information content (AvgIpc) is 2.56. The van der Waals surface area contributed by atoms with Gasteiger partial charge in [0.05, 0.1) is 13.7 Å². The maximum absolute atomic E-state index is 12.5. The maximum atomic E-state index is 12.5. The summed E-state index contributed by atoms with van der Waals surface area (Å²) in [6, 6.07) is 4.93. The second kappa shape index (κ2) is 13.0. The normalized spacial score (nSPS) is 11.1. The Hall–Kier alpha value is -1.32. The van der Waals surface area contributed by atoms with E-state index in [2.05, 4.69) is 26.9 Å². The predicted octanol–water partition coefficient (Wildman–Crippen LogP) is 4.11. The van der Waals surface area contributed by atoms with E-state index >= 15 is 0 Å². The van der Waals surface area contributed by atoms with E-state index in [1.807, 2.05) is 14.0 Å². The number of benzene rings is 1. The smallest absolute Gasteiger partial charge is 0.387 e. The second-order valence-corrected chi connectivity index (χ2v) is 5.31.